The number of carboxylic acid groups (broad SMARTS) is 3. The van der Waals surface area contributed by atoms with E-state index in [1.165, 1.54) is 44.9 Å². The zero-order valence-corrected chi connectivity index (χ0v) is 31.9. The fourth-order valence-corrected chi connectivity index (χ4v) is 7.74. The van der Waals surface area contributed by atoms with Gasteiger partial charge in [-0.15, -0.1) is 12.0 Å². The van der Waals surface area contributed by atoms with Crippen LogP contribution in [0, 0.1) is 12.3 Å². The Hall–Kier alpha value is -5.43. The van der Waals surface area contributed by atoms with Crippen molar-refractivity contribution in [1.82, 2.24) is 0 Å². The van der Waals surface area contributed by atoms with Crippen LogP contribution in [0.15, 0.2) is 150 Å². The summed E-state index contributed by atoms with van der Waals surface area (Å²) in [6.45, 7) is 2.42. The molecule has 1 atom stereocenters. The standard InChI is InChI=1S/C14H19.3C11H8O2.Ti/c1-10-11-6-2-4-8-13(11)14-9-5-3-7-12(10)14;3*12-11(13)10-7-3-5-8-4-1-2-6-9(8)10;/h6,10H,2-5,7-9H2,1H3;3*1-7H,(H,12,13);/q-1;;;;. The minimum absolute atomic E-state index is 0. The average Bonchev–Trinajstić information content (AvgIpc) is 3.49. The van der Waals surface area contributed by atoms with E-state index in [4.69, 9.17) is 15.3 Å². The summed E-state index contributed by atoms with van der Waals surface area (Å²) in [6.07, 6.45) is 12.2. The second kappa shape index (κ2) is 18.6. The Morgan fingerprint density at radius 2 is 0.870 bits per heavy atom. The minimum Gasteiger partial charge on any atom is -0.478 e. The largest absolute Gasteiger partial charge is 0.478 e. The molecule has 0 spiro atoms. The summed E-state index contributed by atoms with van der Waals surface area (Å²) in [6, 6.07) is 38.2. The van der Waals surface area contributed by atoms with E-state index in [1.54, 1.807) is 58.7 Å². The predicted molar refractivity (Wildman–Crippen MR) is 213 cm³/mol. The van der Waals surface area contributed by atoms with Crippen molar-refractivity contribution in [2.75, 3.05) is 0 Å². The molecule has 0 saturated heterocycles. The first kappa shape index (κ1) is 39.8. The number of allylic oxidation sites excluding steroid dienone is 4. The van der Waals surface area contributed by atoms with E-state index in [2.05, 4.69) is 13.3 Å². The molecule has 1 unspecified atom stereocenters. The molecule has 0 aromatic heterocycles. The number of aromatic carboxylic acids is 3. The number of hydrogen-bond donors (Lipinski definition) is 3. The first-order valence-electron chi connectivity index (χ1n) is 18.2. The molecule has 0 saturated carbocycles. The summed E-state index contributed by atoms with van der Waals surface area (Å²) in [5.74, 6) is -1.86. The molecular formula is C47H43O6Ti-. The van der Waals surface area contributed by atoms with E-state index in [-0.39, 0.29) is 21.7 Å². The van der Waals surface area contributed by atoms with Gasteiger partial charge in [-0.3, -0.25) is 0 Å². The number of rotatable bonds is 3. The first-order valence-corrected chi connectivity index (χ1v) is 18.2. The fourth-order valence-electron chi connectivity index (χ4n) is 7.74. The molecule has 0 amide bonds. The number of fused-ring (bicyclic) bond motifs is 4. The van der Waals surface area contributed by atoms with Gasteiger partial charge >= 0.3 is 17.9 Å². The van der Waals surface area contributed by atoms with Crippen molar-refractivity contribution in [3.05, 3.63) is 173 Å². The molecule has 7 heteroatoms. The Balaban J connectivity index is 0.000000138. The first-order chi connectivity index (χ1) is 25.7. The Bertz CT molecular complexity index is 2110. The normalized spacial score (nSPS) is 15.5. The fraction of sp³-hybridized carbons (Fsp3) is 0.191. The molecule has 6 aromatic rings. The van der Waals surface area contributed by atoms with Crippen LogP contribution >= 0.6 is 0 Å². The summed E-state index contributed by atoms with van der Waals surface area (Å²) in [5, 5.41) is 31.9. The Kier molecular flexibility index (Phi) is 13.7. The summed E-state index contributed by atoms with van der Waals surface area (Å²) >= 11 is 0. The third-order valence-electron chi connectivity index (χ3n) is 10.3. The Labute approximate surface area is 330 Å². The van der Waals surface area contributed by atoms with Crippen molar-refractivity contribution in [3.63, 3.8) is 0 Å². The van der Waals surface area contributed by atoms with E-state index in [0.29, 0.717) is 16.7 Å². The monoisotopic (exact) mass is 751 g/mol. The van der Waals surface area contributed by atoms with Crippen molar-refractivity contribution in [2.45, 2.75) is 51.9 Å². The Morgan fingerprint density at radius 3 is 1.30 bits per heavy atom. The zero-order valence-electron chi connectivity index (χ0n) is 30.3. The third kappa shape index (κ3) is 9.02. The van der Waals surface area contributed by atoms with Crippen LogP contribution in [-0.4, -0.2) is 33.2 Å². The molecule has 9 rings (SSSR count). The van der Waals surface area contributed by atoms with Gasteiger partial charge < -0.3 is 15.3 Å². The molecule has 6 nitrogen and oxygen atoms in total. The van der Waals surface area contributed by atoms with Gasteiger partial charge in [-0.05, 0) is 75.7 Å². The quantitative estimate of drug-likeness (QED) is 0.123. The van der Waals surface area contributed by atoms with Gasteiger partial charge in [0.25, 0.3) is 0 Å². The van der Waals surface area contributed by atoms with Crippen molar-refractivity contribution in [2.24, 2.45) is 5.92 Å². The molecule has 0 heterocycles. The molecule has 0 fully saturated rings. The SMILES string of the molecule is CC1C2=C(CCC[CH-]2)C2=C1CCCC2.O=C(O)c1cccc2ccccc12.O=C(O)c1cccc2ccccc12.O=C(O)c1cccc2ccccc12.[Ti]. The van der Waals surface area contributed by atoms with Gasteiger partial charge in [0, 0.05) is 21.7 Å². The minimum atomic E-state index is -0.878. The zero-order chi connectivity index (χ0) is 37.3. The van der Waals surface area contributed by atoms with Crippen LogP contribution in [0.25, 0.3) is 32.3 Å². The molecule has 0 aliphatic heterocycles. The van der Waals surface area contributed by atoms with Crippen LogP contribution in [-0.2, 0) is 21.7 Å². The van der Waals surface area contributed by atoms with Gasteiger partial charge in [-0.1, -0.05) is 141 Å². The van der Waals surface area contributed by atoms with E-state index in [0.717, 1.165) is 38.2 Å². The van der Waals surface area contributed by atoms with Gasteiger partial charge in [0.2, 0.25) is 0 Å². The van der Waals surface area contributed by atoms with Gasteiger partial charge in [-0.2, -0.15) is 5.57 Å². The maximum atomic E-state index is 10.8. The number of carbonyl (C=O) groups is 3. The number of carboxylic acids is 3. The van der Waals surface area contributed by atoms with Crippen molar-refractivity contribution in [1.29, 1.82) is 0 Å². The molecule has 0 bridgehead atoms. The van der Waals surface area contributed by atoms with Crippen LogP contribution in [0.2, 0.25) is 0 Å². The van der Waals surface area contributed by atoms with Crippen LogP contribution in [0.5, 0.6) is 0 Å². The van der Waals surface area contributed by atoms with Crippen LogP contribution in [0.4, 0.5) is 0 Å². The van der Waals surface area contributed by atoms with E-state index in [9.17, 15) is 14.4 Å². The van der Waals surface area contributed by atoms with E-state index >= 15 is 0 Å². The third-order valence-corrected chi connectivity index (χ3v) is 10.3. The van der Waals surface area contributed by atoms with Gasteiger partial charge in [0.1, 0.15) is 0 Å². The van der Waals surface area contributed by atoms with Crippen LogP contribution in [0.1, 0.15) is 82.9 Å². The molecule has 54 heavy (non-hydrogen) atoms. The average molecular weight is 752 g/mol. The maximum Gasteiger partial charge on any atom is 0.336 e. The smallest absolute Gasteiger partial charge is 0.336 e. The molecule has 3 N–H and O–H groups in total. The predicted octanol–water partition coefficient (Wildman–Crippen LogP) is 11.8. The molecule has 272 valence electrons. The van der Waals surface area contributed by atoms with E-state index < -0.39 is 17.9 Å². The topological polar surface area (TPSA) is 112 Å². The molecule has 0 radical (unpaired) electrons. The number of benzene rings is 6. The second-order valence-corrected chi connectivity index (χ2v) is 13.5. The molecule has 3 aliphatic carbocycles. The second-order valence-electron chi connectivity index (χ2n) is 13.5. The maximum absolute atomic E-state index is 10.8. The molecular weight excluding hydrogens is 708 g/mol. The Morgan fingerprint density at radius 1 is 0.500 bits per heavy atom. The molecule has 6 aromatic carbocycles. The van der Waals surface area contributed by atoms with Crippen molar-refractivity contribution in [3.8, 4) is 0 Å². The summed E-state index contributed by atoms with van der Waals surface area (Å²) < 4.78 is 0. The number of hydrogen-bond acceptors (Lipinski definition) is 3. The van der Waals surface area contributed by atoms with E-state index in [1.807, 2.05) is 91.0 Å². The van der Waals surface area contributed by atoms with Gasteiger partial charge in [-0.25, -0.2) is 26.4 Å². The summed E-state index contributed by atoms with van der Waals surface area (Å²) in [5.41, 5.74) is 8.14. The van der Waals surface area contributed by atoms with Crippen LogP contribution < -0.4 is 0 Å². The van der Waals surface area contributed by atoms with Gasteiger partial charge in [0.05, 0.1) is 16.7 Å². The summed E-state index contributed by atoms with van der Waals surface area (Å²) in [7, 11) is 0. The van der Waals surface area contributed by atoms with Gasteiger partial charge in [0.15, 0.2) is 0 Å². The van der Waals surface area contributed by atoms with Crippen molar-refractivity contribution < 1.29 is 51.4 Å². The summed E-state index contributed by atoms with van der Waals surface area (Å²) in [4.78, 5) is 32.4. The van der Waals surface area contributed by atoms with Crippen molar-refractivity contribution >= 4 is 50.2 Å². The van der Waals surface area contributed by atoms with Crippen LogP contribution in [0.3, 0.4) is 0 Å². The molecule has 3 aliphatic rings.